The standard InChI is InChI=1S/C10H16N4O/c1-2-11-9(10-12-7-13-14-10)8-4-3-5-15-6-8/h6-7,9,11H,2-5H2,1H3,(H,12,13,14). The lowest BCUT2D eigenvalue weighted by Gasteiger charge is -2.21. The number of aromatic amines is 1. The van der Waals surface area contributed by atoms with E-state index < -0.39 is 0 Å². The fourth-order valence-corrected chi connectivity index (χ4v) is 1.76. The first kappa shape index (κ1) is 10.2. The molecule has 0 saturated heterocycles. The average molecular weight is 208 g/mol. The molecule has 0 amide bonds. The van der Waals surface area contributed by atoms with E-state index in [0.717, 1.165) is 31.8 Å². The summed E-state index contributed by atoms with van der Waals surface area (Å²) in [4.78, 5) is 4.18. The highest BCUT2D eigenvalue weighted by atomic mass is 16.5. The van der Waals surface area contributed by atoms with Gasteiger partial charge in [-0.1, -0.05) is 6.92 Å². The lowest BCUT2D eigenvalue weighted by Crippen LogP contribution is -2.25. The lowest BCUT2D eigenvalue weighted by molar-refractivity contribution is 0.219. The van der Waals surface area contributed by atoms with E-state index in [1.807, 2.05) is 6.26 Å². The summed E-state index contributed by atoms with van der Waals surface area (Å²) in [5.41, 5.74) is 1.24. The predicted molar refractivity (Wildman–Crippen MR) is 56.1 cm³/mol. The first-order valence-corrected chi connectivity index (χ1v) is 5.31. The molecule has 0 aromatic carbocycles. The van der Waals surface area contributed by atoms with Gasteiger partial charge in [-0.3, -0.25) is 5.10 Å². The minimum Gasteiger partial charge on any atom is -0.501 e. The third kappa shape index (κ3) is 2.36. The molecule has 0 radical (unpaired) electrons. The Hall–Kier alpha value is -1.36. The largest absolute Gasteiger partial charge is 0.501 e. The third-order valence-electron chi connectivity index (χ3n) is 2.45. The zero-order chi connectivity index (χ0) is 10.5. The summed E-state index contributed by atoms with van der Waals surface area (Å²) in [7, 11) is 0. The smallest absolute Gasteiger partial charge is 0.145 e. The van der Waals surface area contributed by atoms with E-state index >= 15 is 0 Å². The van der Waals surface area contributed by atoms with E-state index in [-0.39, 0.29) is 6.04 Å². The van der Waals surface area contributed by atoms with Crippen LogP contribution >= 0.6 is 0 Å². The van der Waals surface area contributed by atoms with Gasteiger partial charge in [-0.15, -0.1) is 0 Å². The van der Waals surface area contributed by atoms with Crippen LogP contribution in [0.2, 0.25) is 0 Å². The Labute approximate surface area is 88.9 Å². The monoisotopic (exact) mass is 208 g/mol. The van der Waals surface area contributed by atoms with Gasteiger partial charge < -0.3 is 10.1 Å². The van der Waals surface area contributed by atoms with Gasteiger partial charge in [0.25, 0.3) is 0 Å². The molecule has 0 fully saturated rings. The highest BCUT2D eigenvalue weighted by Crippen LogP contribution is 2.24. The molecule has 5 heteroatoms. The number of ether oxygens (including phenoxy) is 1. The maximum absolute atomic E-state index is 5.34. The van der Waals surface area contributed by atoms with Crippen molar-refractivity contribution in [2.75, 3.05) is 13.2 Å². The van der Waals surface area contributed by atoms with Crippen molar-refractivity contribution in [3.8, 4) is 0 Å². The minimum atomic E-state index is 0.109. The first-order chi connectivity index (χ1) is 7.42. The second-order valence-corrected chi connectivity index (χ2v) is 3.53. The van der Waals surface area contributed by atoms with Crippen LogP contribution in [0.1, 0.15) is 31.6 Å². The molecule has 5 nitrogen and oxygen atoms in total. The van der Waals surface area contributed by atoms with Crippen molar-refractivity contribution >= 4 is 0 Å². The van der Waals surface area contributed by atoms with Crippen molar-refractivity contribution in [2.45, 2.75) is 25.8 Å². The summed E-state index contributed by atoms with van der Waals surface area (Å²) < 4.78 is 5.34. The molecule has 15 heavy (non-hydrogen) atoms. The number of rotatable bonds is 4. The van der Waals surface area contributed by atoms with Crippen molar-refractivity contribution in [2.24, 2.45) is 0 Å². The number of nitrogens with zero attached hydrogens (tertiary/aromatic N) is 2. The normalized spacial score (nSPS) is 18.1. The molecule has 2 rings (SSSR count). The number of likely N-dealkylation sites (N-methyl/N-ethyl adjacent to an activating group) is 1. The topological polar surface area (TPSA) is 62.8 Å². The number of hydrogen-bond donors (Lipinski definition) is 2. The third-order valence-corrected chi connectivity index (χ3v) is 2.45. The molecule has 0 saturated carbocycles. The van der Waals surface area contributed by atoms with Crippen LogP contribution in [-0.4, -0.2) is 28.3 Å². The maximum atomic E-state index is 5.34. The second-order valence-electron chi connectivity index (χ2n) is 3.53. The van der Waals surface area contributed by atoms with Crippen LogP contribution in [0.25, 0.3) is 0 Å². The summed E-state index contributed by atoms with van der Waals surface area (Å²) in [6, 6.07) is 0.109. The van der Waals surface area contributed by atoms with E-state index in [1.54, 1.807) is 0 Å². The van der Waals surface area contributed by atoms with E-state index in [0.29, 0.717) is 0 Å². The Morgan fingerprint density at radius 2 is 2.60 bits per heavy atom. The van der Waals surface area contributed by atoms with Gasteiger partial charge in [-0.05, 0) is 25.0 Å². The molecule has 1 aliphatic heterocycles. The summed E-state index contributed by atoms with van der Waals surface area (Å²) >= 11 is 0. The van der Waals surface area contributed by atoms with E-state index in [4.69, 9.17) is 4.74 Å². The molecular weight excluding hydrogens is 192 g/mol. The number of H-pyrrole nitrogens is 1. The summed E-state index contributed by atoms with van der Waals surface area (Å²) in [5.74, 6) is 0.855. The Kier molecular flexibility index (Phi) is 3.34. The molecule has 0 bridgehead atoms. The minimum absolute atomic E-state index is 0.109. The maximum Gasteiger partial charge on any atom is 0.145 e. The van der Waals surface area contributed by atoms with Gasteiger partial charge >= 0.3 is 0 Å². The average Bonchev–Trinajstić information content (AvgIpc) is 2.80. The summed E-state index contributed by atoms with van der Waals surface area (Å²) in [5, 5.41) is 10.1. The summed E-state index contributed by atoms with van der Waals surface area (Å²) in [6.45, 7) is 3.79. The Bertz CT molecular complexity index is 320. The van der Waals surface area contributed by atoms with Gasteiger partial charge in [-0.2, -0.15) is 5.10 Å². The predicted octanol–water partition coefficient (Wildman–Crippen LogP) is 1.15. The zero-order valence-electron chi connectivity index (χ0n) is 8.86. The van der Waals surface area contributed by atoms with Crippen LogP contribution in [0.15, 0.2) is 18.2 Å². The fraction of sp³-hybridized carbons (Fsp3) is 0.600. The van der Waals surface area contributed by atoms with Crippen LogP contribution < -0.4 is 5.32 Å². The number of nitrogens with one attached hydrogen (secondary N) is 2. The molecule has 1 atom stereocenters. The molecule has 1 unspecified atom stereocenters. The SMILES string of the molecule is CCNC(C1=COCCC1)c1ncn[nH]1. The second kappa shape index (κ2) is 4.93. The summed E-state index contributed by atoms with van der Waals surface area (Å²) in [6.07, 6.45) is 5.50. The van der Waals surface area contributed by atoms with Crippen LogP contribution in [0.4, 0.5) is 0 Å². The van der Waals surface area contributed by atoms with Gasteiger partial charge in [0.2, 0.25) is 0 Å². The molecular formula is C10H16N4O. The van der Waals surface area contributed by atoms with E-state index in [2.05, 4.69) is 27.4 Å². The van der Waals surface area contributed by atoms with Crippen LogP contribution in [0.3, 0.4) is 0 Å². The van der Waals surface area contributed by atoms with Gasteiger partial charge in [0.15, 0.2) is 0 Å². The molecule has 82 valence electrons. The van der Waals surface area contributed by atoms with Gasteiger partial charge in [-0.25, -0.2) is 4.98 Å². The highest BCUT2D eigenvalue weighted by Gasteiger charge is 2.20. The Morgan fingerprint density at radius 3 is 3.20 bits per heavy atom. The van der Waals surface area contributed by atoms with Crippen LogP contribution in [0.5, 0.6) is 0 Å². The molecule has 1 aromatic rings. The molecule has 2 N–H and O–H groups in total. The van der Waals surface area contributed by atoms with E-state index in [1.165, 1.54) is 11.9 Å². The van der Waals surface area contributed by atoms with Crippen molar-refractivity contribution in [1.82, 2.24) is 20.5 Å². The van der Waals surface area contributed by atoms with Crippen LogP contribution in [-0.2, 0) is 4.74 Å². The van der Waals surface area contributed by atoms with Crippen molar-refractivity contribution in [3.63, 3.8) is 0 Å². The van der Waals surface area contributed by atoms with Gasteiger partial charge in [0, 0.05) is 0 Å². The molecule has 2 heterocycles. The Morgan fingerprint density at radius 1 is 1.67 bits per heavy atom. The highest BCUT2D eigenvalue weighted by molar-refractivity contribution is 5.16. The number of hydrogen-bond acceptors (Lipinski definition) is 4. The van der Waals surface area contributed by atoms with E-state index in [9.17, 15) is 0 Å². The van der Waals surface area contributed by atoms with Crippen molar-refractivity contribution in [1.29, 1.82) is 0 Å². The zero-order valence-corrected chi connectivity index (χ0v) is 8.86. The van der Waals surface area contributed by atoms with Crippen LogP contribution in [0, 0.1) is 0 Å². The van der Waals surface area contributed by atoms with Gasteiger partial charge in [0.1, 0.15) is 12.2 Å². The molecule has 1 aliphatic rings. The molecule has 0 aliphatic carbocycles. The quantitative estimate of drug-likeness (QED) is 0.779. The van der Waals surface area contributed by atoms with Gasteiger partial charge in [0.05, 0.1) is 18.9 Å². The lowest BCUT2D eigenvalue weighted by atomic mass is 10.0. The first-order valence-electron chi connectivity index (χ1n) is 5.31. The fourth-order valence-electron chi connectivity index (χ4n) is 1.76. The molecule has 0 spiro atoms. The number of aromatic nitrogens is 3. The molecule has 1 aromatic heterocycles. The Balaban J connectivity index is 2.15. The van der Waals surface area contributed by atoms with Crippen molar-refractivity contribution < 1.29 is 4.74 Å². The van der Waals surface area contributed by atoms with Crippen molar-refractivity contribution in [3.05, 3.63) is 24.0 Å².